The number of carbonyl (C=O) groups excluding carboxylic acids is 1. The normalized spacial score (nSPS) is 13.9. The minimum Gasteiger partial charge on any atom is -0.504 e. The maximum Gasteiger partial charge on any atom is 0.338 e. The molecule has 5 heteroatoms. The number of carbonyl (C=O) groups is 1. The molecule has 1 rings (SSSR count). The lowest BCUT2D eigenvalue weighted by Gasteiger charge is -2.16. The predicted octanol–water partition coefficient (Wildman–Crippen LogP) is 1.33. The summed E-state index contributed by atoms with van der Waals surface area (Å²) in [4.78, 5) is 11.7. The van der Waals surface area contributed by atoms with Crippen LogP contribution in [0.5, 0.6) is 11.5 Å². The minimum atomic E-state index is -0.738. The zero-order valence-electron chi connectivity index (χ0n) is 10.0. The van der Waals surface area contributed by atoms with Gasteiger partial charge >= 0.3 is 5.97 Å². The summed E-state index contributed by atoms with van der Waals surface area (Å²) in [7, 11) is 1.39. The molecule has 0 spiro atoms. The van der Waals surface area contributed by atoms with Gasteiger partial charge in [-0.2, -0.15) is 0 Å². The first-order valence-electron chi connectivity index (χ1n) is 5.21. The van der Waals surface area contributed by atoms with Crippen LogP contribution in [0.1, 0.15) is 24.2 Å². The van der Waals surface area contributed by atoms with Gasteiger partial charge in [-0.25, -0.2) is 4.79 Å². The molecule has 5 nitrogen and oxygen atoms in total. The number of aromatic hydroxyl groups is 1. The average Bonchev–Trinajstić information content (AvgIpc) is 2.29. The number of aliphatic hydroxyl groups is 1. The van der Waals surface area contributed by atoms with E-state index in [-0.39, 0.29) is 17.1 Å². The van der Waals surface area contributed by atoms with Crippen LogP contribution in [-0.2, 0) is 4.74 Å². The lowest BCUT2D eigenvalue weighted by molar-refractivity contribution is -0.00471. The Bertz CT molecular complexity index is 400. The number of phenols is 1. The number of rotatable bonds is 4. The minimum absolute atomic E-state index is 0.0485. The Morgan fingerprint density at radius 1 is 1.35 bits per heavy atom. The summed E-state index contributed by atoms with van der Waals surface area (Å²) in [5, 5.41) is 18.6. The number of hydrogen-bond donors (Lipinski definition) is 2. The van der Waals surface area contributed by atoms with E-state index in [0.29, 0.717) is 0 Å². The van der Waals surface area contributed by atoms with Gasteiger partial charge in [0, 0.05) is 0 Å². The van der Waals surface area contributed by atoms with E-state index in [1.807, 2.05) is 0 Å². The third kappa shape index (κ3) is 3.35. The second-order valence-electron chi connectivity index (χ2n) is 3.74. The fraction of sp³-hybridized carbons (Fsp3) is 0.417. The Labute approximate surface area is 99.6 Å². The molecule has 2 N–H and O–H groups in total. The highest BCUT2D eigenvalue weighted by Crippen LogP contribution is 2.26. The molecule has 1 aromatic carbocycles. The molecular weight excluding hydrogens is 224 g/mol. The van der Waals surface area contributed by atoms with Gasteiger partial charge in [-0.3, -0.25) is 0 Å². The maximum absolute atomic E-state index is 11.7. The van der Waals surface area contributed by atoms with Crippen LogP contribution in [0.4, 0.5) is 0 Å². The van der Waals surface area contributed by atoms with Gasteiger partial charge in [0.25, 0.3) is 0 Å². The molecule has 1 aromatic rings. The van der Waals surface area contributed by atoms with E-state index in [9.17, 15) is 15.0 Å². The van der Waals surface area contributed by atoms with Crippen LogP contribution in [0, 0.1) is 0 Å². The highest BCUT2D eigenvalue weighted by molar-refractivity contribution is 5.90. The summed E-state index contributed by atoms with van der Waals surface area (Å²) >= 11 is 0. The quantitative estimate of drug-likeness (QED) is 0.776. The third-order valence-corrected chi connectivity index (χ3v) is 2.39. The lowest BCUT2D eigenvalue weighted by Crippen LogP contribution is -2.25. The smallest absolute Gasteiger partial charge is 0.338 e. The summed E-state index contributed by atoms with van der Waals surface area (Å²) in [6.45, 7) is 3.13. The summed E-state index contributed by atoms with van der Waals surface area (Å²) in [6.07, 6.45) is -1.33. The van der Waals surface area contributed by atoms with Crippen LogP contribution in [0.25, 0.3) is 0 Å². The number of hydrogen-bond acceptors (Lipinski definition) is 5. The van der Waals surface area contributed by atoms with Crippen molar-refractivity contribution >= 4 is 5.97 Å². The van der Waals surface area contributed by atoms with Gasteiger partial charge in [0.15, 0.2) is 11.5 Å². The number of benzene rings is 1. The average molecular weight is 240 g/mol. The number of aliphatic hydroxyl groups excluding tert-OH is 1. The number of ether oxygens (including phenoxy) is 2. The molecule has 0 bridgehead atoms. The molecule has 0 heterocycles. The summed E-state index contributed by atoms with van der Waals surface area (Å²) in [5.41, 5.74) is 0.257. The molecule has 0 aliphatic heterocycles. The van der Waals surface area contributed by atoms with E-state index in [4.69, 9.17) is 9.47 Å². The van der Waals surface area contributed by atoms with Crippen molar-refractivity contribution in [3.8, 4) is 11.5 Å². The van der Waals surface area contributed by atoms with Crippen LogP contribution in [0.2, 0.25) is 0 Å². The lowest BCUT2D eigenvalue weighted by atomic mass is 10.2. The van der Waals surface area contributed by atoms with E-state index < -0.39 is 18.2 Å². The van der Waals surface area contributed by atoms with Crippen molar-refractivity contribution in [2.24, 2.45) is 0 Å². The Morgan fingerprint density at radius 2 is 2.00 bits per heavy atom. The first kappa shape index (κ1) is 13.3. The fourth-order valence-electron chi connectivity index (χ4n) is 1.14. The van der Waals surface area contributed by atoms with Gasteiger partial charge in [0.1, 0.15) is 6.10 Å². The Balaban J connectivity index is 2.82. The van der Waals surface area contributed by atoms with Crippen LogP contribution in [0.15, 0.2) is 18.2 Å². The number of phenolic OH excluding ortho intramolecular Hbond substituents is 1. The Hall–Kier alpha value is -1.75. The van der Waals surface area contributed by atoms with Crippen molar-refractivity contribution in [3.05, 3.63) is 23.8 Å². The van der Waals surface area contributed by atoms with E-state index >= 15 is 0 Å². The first-order chi connectivity index (χ1) is 7.95. The molecule has 0 aliphatic rings. The van der Waals surface area contributed by atoms with Crippen molar-refractivity contribution in [2.75, 3.05) is 7.11 Å². The summed E-state index contributed by atoms with van der Waals surface area (Å²) < 4.78 is 9.89. The molecule has 0 fully saturated rings. The summed E-state index contributed by atoms with van der Waals surface area (Å²) in [6, 6.07) is 4.16. The molecule has 2 atom stereocenters. The SMILES string of the molecule is COc1cc(C(=O)OC(C)C(C)O)ccc1O. The molecule has 0 amide bonds. The van der Waals surface area contributed by atoms with E-state index in [0.717, 1.165) is 0 Å². The Kier molecular flexibility index (Phi) is 4.34. The predicted molar refractivity (Wildman–Crippen MR) is 61.2 cm³/mol. The van der Waals surface area contributed by atoms with Crippen LogP contribution in [-0.4, -0.2) is 35.5 Å². The van der Waals surface area contributed by atoms with E-state index in [2.05, 4.69) is 0 Å². The molecule has 2 unspecified atom stereocenters. The van der Waals surface area contributed by atoms with Crippen molar-refractivity contribution in [1.82, 2.24) is 0 Å². The Morgan fingerprint density at radius 3 is 2.53 bits per heavy atom. The maximum atomic E-state index is 11.7. The molecular formula is C12H16O5. The van der Waals surface area contributed by atoms with Crippen LogP contribution in [0.3, 0.4) is 0 Å². The standard InChI is InChI=1S/C12H16O5/c1-7(13)8(2)17-12(15)9-4-5-10(14)11(6-9)16-3/h4-8,13-14H,1-3H3. The molecule has 0 saturated carbocycles. The zero-order chi connectivity index (χ0) is 13.0. The highest BCUT2D eigenvalue weighted by atomic mass is 16.6. The van der Waals surface area contributed by atoms with Crippen molar-refractivity contribution in [1.29, 1.82) is 0 Å². The van der Waals surface area contributed by atoms with Crippen molar-refractivity contribution < 1.29 is 24.5 Å². The number of esters is 1. The first-order valence-corrected chi connectivity index (χ1v) is 5.21. The summed E-state index contributed by atoms with van der Waals surface area (Å²) in [5.74, 6) is -0.423. The molecule has 94 valence electrons. The molecule has 0 aliphatic carbocycles. The van der Waals surface area contributed by atoms with Crippen LogP contribution < -0.4 is 4.74 Å². The van der Waals surface area contributed by atoms with Gasteiger partial charge in [0.05, 0.1) is 18.8 Å². The topological polar surface area (TPSA) is 76.0 Å². The molecule has 0 aromatic heterocycles. The monoisotopic (exact) mass is 240 g/mol. The second kappa shape index (κ2) is 5.54. The van der Waals surface area contributed by atoms with E-state index in [1.54, 1.807) is 6.92 Å². The van der Waals surface area contributed by atoms with Gasteiger partial charge in [-0.05, 0) is 32.0 Å². The molecule has 0 radical (unpaired) electrons. The molecule has 17 heavy (non-hydrogen) atoms. The van der Waals surface area contributed by atoms with Gasteiger partial charge < -0.3 is 19.7 Å². The van der Waals surface area contributed by atoms with E-state index in [1.165, 1.54) is 32.2 Å². The van der Waals surface area contributed by atoms with Crippen molar-refractivity contribution in [3.63, 3.8) is 0 Å². The largest absolute Gasteiger partial charge is 0.504 e. The highest BCUT2D eigenvalue weighted by Gasteiger charge is 2.17. The van der Waals surface area contributed by atoms with Crippen molar-refractivity contribution in [2.45, 2.75) is 26.1 Å². The van der Waals surface area contributed by atoms with Gasteiger partial charge in [-0.15, -0.1) is 0 Å². The third-order valence-electron chi connectivity index (χ3n) is 2.39. The van der Waals surface area contributed by atoms with Crippen LogP contribution >= 0.6 is 0 Å². The zero-order valence-corrected chi connectivity index (χ0v) is 10.0. The molecule has 0 saturated heterocycles. The van der Waals surface area contributed by atoms with Gasteiger partial charge in [0.2, 0.25) is 0 Å². The van der Waals surface area contributed by atoms with Gasteiger partial charge in [-0.1, -0.05) is 0 Å². The fourth-order valence-corrected chi connectivity index (χ4v) is 1.14. The number of methoxy groups -OCH3 is 1. The second-order valence-corrected chi connectivity index (χ2v) is 3.74.